The van der Waals surface area contributed by atoms with Gasteiger partial charge < -0.3 is 9.47 Å². The Labute approximate surface area is 185 Å². The number of phosphoric acid groups is 1. The van der Waals surface area contributed by atoms with Gasteiger partial charge in [0.2, 0.25) is 5.91 Å². The topological polar surface area (TPSA) is 118 Å². The smallest absolute Gasteiger partial charge is 0.463 e. The maximum Gasteiger partial charge on any atom is 0.475 e. The minimum atomic E-state index is -3.90. The van der Waals surface area contributed by atoms with Gasteiger partial charge in [-0.2, -0.15) is 0 Å². The minimum Gasteiger partial charge on any atom is -0.463 e. The molecule has 3 heterocycles. The molecule has 3 aliphatic rings. The van der Waals surface area contributed by atoms with Crippen molar-refractivity contribution < 1.29 is 42.0 Å². The molecule has 0 unspecified atom stereocenters. The van der Waals surface area contributed by atoms with Crippen molar-refractivity contribution in [1.29, 1.82) is 0 Å². The molecule has 0 spiro atoms. The molecule has 0 aromatic carbocycles. The number of rotatable bonds is 8. The van der Waals surface area contributed by atoms with E-state index in [0.717, 1.165) is 0 Å². The highest BCUT2D eigenvalue weighted by Crippen LogP contribution is 2.59. The van der Waals surface area contributed by atoms with Crippen molar-refractivity contribution in [1.82, 2.24) is 4.90 Å². The zero-order chi connectivity index (χ0) is 22.8. The second-order valence-electron chi connectivity index (χ2n) is 8.04. The summed E-state index contributed by atoms with van der Waals surface area (Å²) in [7, 11) is -3.90. The SMILES string of the molecule is CC(C)OC(=O)CCCCO[P@@]1(=O)OC[C@H]2O[C@@H](N3C=CC(=O)CC3=O)[C@](C)(Cl)[C@@H]2O1. The van der Waals surface area contributed by atoms with E-state index in [1.54, 1.807) is 20.8 Å². The molecule has 0 aromatic heterocycles. The van der Waals surface area contributed by atoms with E-state index in [4.69, 9.17) is 34.6 Å². The number of halogens is 1. The fourth-order valence-electron chi connectivity index (χ4n) is 3.54. The van der Waals surface area contributed by atoms with E-state index in [9.17, 15) is 18.9 Å². The van der Waals surface area contributed by atoms with Gasteiger partial charge in [-0.05, 0) is 39.7 Å². The lowest BCUT2D eigenvalue weighted by molar-refractivity contribution is -0.148. The van der Waals surface area contributed by atoms with Crippen LogP contribution in [0.2, 0.25) is 0 Å². The molecule has 0 bridgehead atoms. The molecule has 2 fully saturated rings. The van der Waals surface area contributed by atoms with Gasteiger partial charge in [0, 0.05) is 12.6 Å². The first kappa shape index (κ1) is 24.4. The van der Waals surface area contributed by atoms with Crippen LogP contribution in [0.25, 0.3) is 0 Å². The molecule has 2 saturated heterocycles. The van der Waals surface area contributed by atoms with Gasteiger partial charge in [0.15, 0.2) is 12.0 Å². The summed E-state index contributed by atoms with van der Waals surface area (Å²) < 4.78 is 40.0. The van der Waals surface area contributed by atoms with Gasteiger partial charge in [0.05, 0.1) is 25.7 Å². The number of amides is 1. The number of hydrogen-bond donors (Lipinski definition) is 0. The molecule has 174 valence electrons. The van der Waals surface area contributed by atoms with Crippen LogP contribution in [-0.2, 0) is 42.0 Å². The highest BCUT2D eigenvalue weighted by Gasteiger charge is 2.61. The van der Waals surface area contributed by atoms with Crippen LogP contribution < -0.4 is 0 Å². The Morgan fingerprint density at radius 3 is 2.81 bits per heavy atom. The number of unbranched alkanes of at least 4 members (excludes halogenated alkanes) is 1. The van der Waals surface area contributed by atoms with Gasteiger partial charge >= 0.3 is 13.8 Å². The Kier molecular flexibility index (Phi) is 7.61. The maximum absolute atomic E-state index is 12.9. The van der Waals surface area contributed by atoms with E-state index in [1.165, 1.54) is 17.2 Å². The summed E-state index contributed by atoms with van der Waals surface area (Å²) >= 11 is 6.68. The van der Waals surface area contributed by atoms with Crippen LogP contribution in [0.1, 0.15) is 46.5 Å². The number of nitrogens with zero attached hydrogens (tertiary/aromatic N) is 1. The van der Waals surface area contributed by atoms with E-state index in [0.29, 0.717) is 12.8 Å². The van der Waals surface area contributed by atoms with Crippen LogP contribution in [0, 0.1) is 0 Å². The van der Waals surface area contributed by atoms with Crippen molar-refractivity contribution in [3.63, 3.8) is 0 Å². The number of ketones is 1. The number of carbonyl (C=O) groups is 3. The lowest BCUT2D eigenvalue weighted by atomic mass is 9.99. The predicted molar refractivity (Wildman–Crippen MR) is 108 cm³/mol. The minimum absolute atomic E-state index is 0.0579. The Bertz CT molecular complexity index is 799. The number of hydrogen-bond acceptors (Lipinski definition) is 9. The van der Waals surface area contributed by atoms with Crippen molar-refractivity contribution in [2.24, 2.45) is 0 Å². The average molecular weight is 480 g/mol. The van der Waals surface area contributed by atoms with Crippen LogP contribution in [0.15, 0.2) is 12.3 Å². The van der Waals surface area contributed by atoms with Gasteiger partial charge in [-0.25, -0.2) is 4.57 Å². The summed E-state index contributed by atoms with van der Waals surface area (Å²) in [6.07, 6.45) is 0.893. The molecule has 0 radical (unpaired) electrons. The Morgan fingerprint density at radius 2 is 2.13 bits per heavy atom. The van der Waals surface area contributed by atoms with Gasteiger partial charge in [0.25, 0.3) is 0 Å². The fraction of sp³-hybridized carbons (Fsp3) is 0.737. The van der Waals surface area contributed by atoms with E-state index < -0.39 is 37.0 Å². The van der Waals surface area contributed by atoms with Gasteiger partial charge in [-0.3, -0.25) is 32.9 Å². The van der Waals surface area contributed by atoms with Crippen molar-refractivity contribution in [2.45, 2.75) is 75.9 Å². The van der Waals surface area contributed by atoms with Gasteiger partial charge in [-0.1, -0.05) is 0 Å². The second-order valence-corrected chi connectivity index (χ2v) is 10.5. The number of carbonyl (C=O) groups excluding carboxylic acids is 3. The molecular formula is C19H27ClNO9P. The molecule has 1 amide bonds. The quantitative estimate of drug-likeness (QED) is 0.170. The molecule has 5 atom stereocenters. The zero-order valence-electron chi connectivity index (χ0n) is 17.7. The third kappa shape index (κ3) is 5.74. The molecule has 31 heavy (non-hydrogen) atoms. The van der Waals surface area contributed by atoms with Crippen LogP contribution in [-0.4, -0.2) is 65.2 Å². The molecule has 3 rings (SSSR count). The summed E-state index contributed by atoms with van der Waals surface area (Å²) in [6, 6.07) is 0. The highest BCUT2D eigenvalue weighted by molar-refractivity contribution is 7.48. The van der Waals surface area contributed by atoms with E-state index in [2.05, 4.69) is 0 Å². The Hall–Kier alpha value is -1.29. The number of esters is 1. The number of ether oxygens (including phenoxy) is 2. The third-order valence-electron chi connectivity index (χ3n) is 5.00. The standard InChI is InChI=1S/C19H27ClNO9P/c1-12(2)28-16(24)6-4-5-9-26-31(25)27-11-14-17(30-31)19(3,20)18(29-14)21-8-7-13(22)10-15(21)23/h7-8,12,14,17-18H,4-6,9-11H2,1-3H3/t14-,17-,18-,19-,31+/m1/s1. The monoisotopic (exact) mass is 479 g/mol. The van der Waals surface area contributed by atoms with Crippen LogP contribution in [0.3, 0.4) is 0 Å². The van der Waals surface area contributed by atoms with Crippen molar-refractivity contribution in [3.8, 4) is 0 Å². The maximum atomic E-state index is 12.9. The average Bonchev–Trinajstić information content (AvgIpc) is 2.91. The van der Waals surface area contributed by atoms with Gasteiger partial charge in [0.1, 0.15) is 17.1 Å². The summed E-state index contributed by atoms with van der Waals surface area (Å²) in [6.45, 7) is 5.12. The van der Waals surface area contributed by atoms with Crippen LogP contribution in [0.4, 0.5) is 0 Å². The molecular weight excluding hydrogens is 453 g/mol. The largest absolute Gasteiger partial charge is 0.475 e. The van der Waals surface area contributed by atoms with E-state index in [-0.39, 0.29) is 43.9 Å². The summed E-state index contributed by atoms with van der Waals surface area (Å²) in [5.41, 5.74) is 0. The first-order chi connectivity index (χ1) is 14.5. The molecule has 0 saturated carbocycles. The Balaban J connectivity index is 1.54. The molecule has 0 aliphatic carbocycles. The molecule has 12 heteroatoms. The van der Waals surface area contributed by atoms with Gasteiger partial charge in [-0.15, -0.1) is 11.6 Å². The van der Waals surface area contributed by atoms with E-state index in [1.807, 2.05) is 0 Å². The molecule has 10 nitrogen and oxygen atoms in total. The number of fused-ring (bicyclic) bond motifs is 1. The van der Waals surface area contributed by atoms with Crippen molar-refractivity contribution in [2.75, 3.05) is 13.2 Å². The lowest BCUT2D eigenvalue weighted by Crippen LogP contribution is -2.51. The summed E-state index contributed by atoms with van der Waals surface area (Å²) in [4.78, 5) is 35.2. The number of allylic oxidation sites excluding steroid dienone is 1. The van der Waals surface area contributed by atoms with Crippen molar-refractivity contribution in [3.05, 3.63) is 12.3 Å². The molecule has 0 aromatic rings. The lowest BCUT2D eigenvalue weighted by Gasteiger charge is -2.36. The first-order valence-corrected chi connectivity index (χ1v) is 12.0. The van der Waals surface area contributed by atoms with Crippen molar-refractivity contribution >= 4 is 37.1 Å². The summed E-state index contributed by atoms with van der Waals surface area (Å²) in [5.74, 6) is -1.05. The molecule has 3 aliphatic heterocycles. The van der Waals surface area contributed by atoms with E-state index >= 15 is 0 Å². The van der Waals surface area contributed by atoms with Crippen LogP contribution >= 0.6 is 19.4 Å². The summed E-state index contributed by atoms with van der Waals surface area (Å²) in [5, 5.41) is 0. The normalized spacial score (nSPS) is 35.5. The predicted octanol–water partition coefficient (Wildman–Crippen LogP) is 2.69. The first-order valence-electron chi connectivity index (χ1n) is 10.2. The third-order valence-corrected chi connectivity index (χ3v) is 6.85. The Morgan fingerprint density at radius 1 is 1.39 bits per heavy atom. The zero-order valence-corrected chi connectivity index (χ0v) is 19.3. The van der Waals surface area contributed by atoms with Crippen LogP contribution in [0.5, 0.6) is 0 Å². The number of alkyl halides is 1. The second kappa shape index (κ2) is 9.68. The molecule has 0 N–H and O–H groups in total. The fourth-order valence-corrected chi connectivity index (χ4v) is 5.45. The highest BCUT2D eigenvalue weighted by atomic mass is 35.5. The number of phosphoric ester groups is 1.